The highest BCUT2D eigenvalue weighted by atomic mass is 32.1. The summed E-state index contributed by atoms with van der Waals surface area (Å²) in [6, 6.07) is 5.56. The lowest BCUT2D eigenvalue weighted by Crippen LogP contribution is -2.23. The van der Waals surface area contributed by atoms with Gasteiger partial charge in [-0.15, -0.1) is 0 Å². The molecule has 0 saturated heterocycles. The number of thiazole rings is 1. The molecule has 7 heteroatoms. The highest BCUT2D eigenvalue weighted by Gasteiger charge is 2.15. The van der Waals surface area contributed by atoms with Crippen molar-refractivity contribution in [2.24, 2.45) is 0 Å². The minimum atomic E-state index is -0.227. The molecule has 0 spiro atoms. The SMILES string of the molecule is CCCNc1nc(N)c(C(=O)NCc2ccccn2)s1. The lowest BCUT2D eigenvalue weighted by Gasteiger charge is -2.02. The molecule has 0 saturated carbocycles. The van der Waals surface area contributed by atoms with E-state index in [2.05, 4.69) is 27.5 Å². The van der Waals surface area contributed by atoms with Gasteiger partial charge in [0.15, 0.2) is 5.13 Å². The Labute approximate surface area is 121 Å². The number of nitrogens with one attached hydrogen (secondary N) is 2. The van der Waals surface area contributed by atoms with Gasteiger partial charge in [0.1, 0.15) is 10.7 Å². The van der Waals surface area contributed by atoms with E-state index in [1.165, 1.54) is 11.3 Å². The zero-order valence-electron chi connectivity index (χ0n) is 11.2. The largest absolute Gasteiger partial charge is 0.382 e. The first-order chi connectivity index (χ1) is 9.70. The molecule has 0 atom stereocenters. The summed E-state index contributed by atoms with van der Waals surface area (Å²) in [4.78, 5) is 20.8. The molecule has 0 radical (unpaired) electrons. The van der Waals surface area contributed by atoms with Crippen molar-refractivity contribution < 1.29 is 4.79 Å². The molecule has 0 aromatic carbocycles. The normalized spacial score (nSPS) is 10.2. The molecule has 0 unspecified atom stereocenters. The molecule has 2 heterocycles. The van der Waals surface area contributed by atoms with E-state index in [9.17, 15) is 4.79 Å². The standard InChI is InChI=1S/C13H17N5OS/c1-2-6-16-13-18-11(14)10(20-13)12(19)17-8-9-5-3-4-7-15-9/h3-5,7H,2,6,8,14H2,1H3,(H,16,18)(H,17,19). The first kappa shape index (κ1) is 14.3. The maximum atomic E-state index is 12.0. The number of pyridine rings is 1. The predicted octanol–water partition coefficient (Wildman–Crippen LogP) is 1.87. The van der Waals surface area contributed by atoms with Gasteiger partial charge in [0.2, 0.25) is 0 Å². The molecule has 0 fully saturated rings. The van der Waals surface area contributed by atoms with Gasteiger partial charge in [-0.1, -0.05) is 24.3 Å². The summed E-state index contributed by atoms with van der Waals surface area (Å²) in [7, 11) is 0. The predicted molar refractivity (Wildman–Crippen MR) is 80.7 cm³/mol. The van der Waals surface area contributed by atoms with Crippen LogP contribution in [0.25, 0.3) is 0 Å². The molecule has 2 aromatic heterocycles. The molecule has 0 aliphatic carbocycles. The van der Waals surface area contributed by atoms with Gasteiger partial charge in [0.25, 0.3) is 5.91 Å². The van der Waals surface area contributed by atoms with Crippen molar-refractivity contribution >= 4 is 28.2 Å². The molecule has 0 aliphatic rings. The number of rotatable bonds is 6. The Morgan fingerprint density at radius 3 is 3.00 bits per heavy atom. The number of carbonyl (C=O) groups excluding carboxylic acids is 1. The number of nitrogens with zero attached hydrogens (tertiary/aromatic N) is 2. The van der Waals surface area contributed by atoms with Crippen LogP contribution in [0.2, 0.25) is 0 Å². The number of carbonyl (C=O) groups is 1. The number of hydrogen-bond acceptors (Lipinski definition) is 6. The van der Waals surface area contributed by atoms with Gasteiger partial charge in [-0.2, -0.15) is 0 Å². The van der Waals surface area contributed by atoms with Gasteiger partial charge in [-0.3, -0.25) is 9.78 Å². The Morgan fingerprint density at radius 2 is 2.30 bits per heavy atom. The van der Waals surface area contributed by atoms with Gasteiger partial charge < -0.3 is 16.4 Å². The molecule has 106 valence electrons. The summed E-state index contributed by atoms with van der Waals surface area (Å²) >= 11 is 1.26. The maximum absolute atomic E-state index is 12.0. The van der Waals surface area contributed by atoms with Gasteiger partial charge in [0.05, 0.1) is 12.2 Å². The van der Waals surface area contributed by atoms with Gasteiger partial charge >= 0.3 is 0 Å². The van der Waals surface area contributed by atoms with Gasteiger partial charge in [-0.25, -0.2) is 4.98 Å². The number of nitrogens with two attached hydrogens (primary N) is 1. The third kappa shape index (κ3) is 3.67. The number of aromatic nitrogens is 2. The van der Waals surface area contributed by atoms with Crippen LogP contribution in [-0.2, 0) is 6.54 Å². The molecule has 4 N–H and O–H groups in total. The Hall–Kier alpha value is -2.15. The summed E-state index contributed by atoms with van der Waals surface area (Å²) in [6.45, 7) is 3.24. The molecule has 2 rings (SSSR count). The van der Waals surface area contributed by atoms with Crippen molar-refractivity contribution in [3.63, 3.8) is 0 Å². The van der Waals surface area contributed by atoms with Crippen LogP contribution in [0.3, 0.4) is 0 Å². The van der Waals surface area contributed by atoms with E-state index in [0.29, 0.717) is 16.6 Å². The molecule has 2 aromatic rings. The topological polar surface area (TPSA) is 92.9 Å². The summed E-state index contributed by atoms with van der Waals surface area (Å²) in [5, 5.41) is 6.58. The molecule has 0 aliphatic heterocycles. The lowest BCUT2D eigenvalue weighted by molar-refractivity contribution is 0.0955. The Bertz CT molecular complexity index is 569. The summed E-state index contributed by atoms with van der Waals surface area (Å²) < 4.78 is 0. The molecule has 1 amide bonds. The van der Waals surface area contributed by atoms with Crippen molar-refractivity contribution in [1.82, 2.24) is 15.3 Å². The second-order valence-electron chi connectivity index (χ2n) is 4.16. The second-order valence-corrected chi connectivity index (χ2v) is 5.16. The minimum Gasteiger partial charge on any atom is -0.382 e. The van der Waals surface area contributed by atoms with Crippen molar-refractivity contribution in [2.45, 2.75) is 19.9 Å². The molecule has 6 nitrogen and oxygen atoms in total. The lowest BCUT2D eigenvalue weighted by atomic mass is 10.3. The van der Waals surface area contributed by atoms with Crippen LogP contribution in [0.15, 0.2) is 24.4 Å². The number of amides is 1. The molecule has 0 bridgehead atoms. The fourth-order valence-corrected chi connectivity index (χ4v) is 2.38. The van der Waals surface area contributed by atoms with Crippen LogP contribution in [0.1, 0.15) is 28.7 Å². The van der Waals surface area contributed by atoms with Crippen molar-refractivity contribution in [1.29, 1.82) is 0 Å². The third-order valence-electron chi connectivity index (χ3n) is 2.54. The smallest absolute Gasteiger partial charge is 0.265 e. The van der Waals surface area contributed by atoms with E-state index in [1.807, 2.05) is 18.2 Å². The van der Waals surface area contributed by atoms with Crippen LogP contribution < -0.4 is 16.4 Å². The fraction of sp³-hybridized carbons (Fsp3) is 0.308. The number of nitrogen functional groups attached to an aromatic ring is 1. The van der Waals surface area contributed by atoms with E-state index in [1.54, 1.807) is 6.20 Å². The Morgan fingerprint density at radius 1 is 1.45 bits per heavy atom. The maximum Gasteiger partial charge on any atom is 0.265 e. The number of anilines is 2. The van der Waals surface area contributed by atoms with Crippen molar-refractivity contribution in [3.05, 3.63) is 35.0 Å². The zero-order chi connectivity index (χ0) is 14.4. The minimum absolute atomic E-state index is 0.227. The molecular formula is C13H17N5OS. The first-order valence-electron chi connectivity index (χ1n) is 6.39. The third-order valence-corrected chi connectivity index (χ3v) is 3.57. The van der Waals surface area contributed by atoms with E-state index in [0.717, 1.165) is 18.7 Å². The monoisotopic (exact) mass is 291 g/mol. The van der Waals surface area contributed by atoms with E-state index in [-0.39, 0.29) is 11.7 Å². The van der Waals surface area contributed by atoms with Crippen LogP contribution >= 0.6 is 11.3 Å². The summed E-state index contributed by atoms with van der Waals surface area (Å²) in [5.74, 6) is 0.0299. The van der Waals surface area contributed by atoms with Crippen LogP contribution in [-0.4, -0.2) is 22.4 Å². The van der Waals surface area contributed by atoms with Crippen molar-refractivity contribution in [3.8, 4) is 0 Å². The Kier molecular flexibility index (Phi) is 4.89. The highest BCUT2D eigenvalue weighted by molar-refractivity contribution is 7.18. The first-order valence-corrected chi connectivity index (χ1v) is 7.20. The van der Waals surface area contributed by atoms with Crippen LogP contribution in [0.4, 0.5) is 10.9 Å². The van der Waals surface area contributed by atoms with E-state index >= 15 is 0 Å². The van der Waals surface area contributed by atoms with E-state index < -0.39 is 0 Å². The van der Waals surface area contributed by atoms with E-state index in [4.69, 9.17) is 5.73 Å². The van der Waals surface area contributed by atoms with Crippen LogP contribution in [0.5, 0.6) is 0 Å². The van der Waals surface area contributed by atoms with Crippen molar-refractivity contribution in [2.75, 3.05) is 17.6 Å². The average molecular weight is 291 g/mol. The van der Waals surface area contributed by atoms with Gasteiger partial charge in [0, 0.05) is 12.7 Å². The number of hydrogen-bond donors (Lipinski definition) is 3. The summed E-state index contributed by atoms with van der Waals surface area (Å²) in [5.41, 5.74) is 6.57. The Balaban J connectivity index is 1.96. The average Bonchev–Trinajstić information content (AvgIpc) is 2.85. The zero-order valence-corrected chi connectivity index (χ0v) is 12.0. The molecule has 20 heavy (non-hydrogen) atoms. The molecular weight excluding hydrogens is 274 g/mol. The van der Waals surface area contributed by atoms with Crippen LogP contribution in [0, 0.1) is 0 Å². The quantitative estimate of drug-likeness (QED) is 0.755. The second kappa shape index (κ2) is 6.85. The fourth-order valence-electron chi connectivity index (χ4n) is 1.56. The highest BCUT2D eigenvalue weighted by Crippen LogP contribution is 2.24. The summed E-state index contributed by atoms with van der Waals surface area (Å²) in [6.07, 6.45) is 2.68. The van der Waals surface area contributed by atoms with Gasteiger partial charge in [-0.05, 0) is 18.6 Å².